The van der Waals surface area contributed by atoms with E-state index in [2.05, 4.69) is 155 Å². The smallest absolute Gasteiger partial charge is 0.233 e. The molecule has 5 nitrogen and oxygen atoms in total. The largest absolute Gasteiger partial charge is 0.437 e. The Balaban J connectivity index is 1.29. The summed E-state index contributed by atoms with van der Waals surface area (Å²) in [6.07, 6.45) is 0. The highest BCUT2D eigenvalue weighted by molar-refractivity contribution is 6.38. The van der Waals surface area contributed by atoms with Gasteiger partial charge in [0.15, 0.2) is 11.6 Å². The Kier molecular flexibility index (Phi) is 5.06. The van der Waals surface area contributed by atoms with Gasteiger partial charge in [-0.2, -0.15) is 4.98 Å². The Morgan fingerprint density at radius 1 is 0.415 bits per heavy atom. The minimum absolute atomic E-state index is 0.572. The van der Waals surface area contributed by atoms with E-state index >= 15 is 0 Å². The maximum atomic E-state index is 6.58. The zero-order valence-electron chi connectivity index (χ0n) is 28.2. The molecule has 0 aliphatic rings. The van der Waals surface area contributed by atoms with E-state index in [1.807, 2.05) is 12.1 Å². The number of furan rings is 1. The van der Waals surface area contributed by atoms with Gasteiger partial charge in [0.05, 0.1) is 33.0 Å². The average Bonchev–Trinajstić information content (AvgIpc) is 3.95. The number of aromatic nitrogens is 4. The van der Waals surface area contributed by atoms with Crippen molar-refractivity contribution >= 4 is 104 Å². The summed E-state index contributed by atoms with van der Waals surface area (Å²) >= 11 is 0. The highest BCUT2D eigenvalue weighted by atomic mass is 16.3. The van der Waals surface area contributed by atoms with Crippen molar-refractivity contribution < 1.29 is 4.42 Å². The van der Waals surface area contributed by atoms with E-state index in [1.54, 1.807) is 0 Å². The van der Waals surface area contributed by atoms with E-state index in [-0.39, 0.29) is 0 Å². The first-order valence-corrected chi connectivity index (χ1v) is 18.0. The first kappa shape index (κ1) is 27.5. The summed E-state index contributed by atoms with van der Waals surface area (Å²) in [4.78, 5) is 10.7. The predicted octanol–water partition coefficient (Wildman–Crippen LogP) is 12.6. The lowest BCUT2D eigenvalue weighted by Crippen LogP contribution is -2.02. The molecule has 5 heterocycles. The van der Waals surface area contributed by atoms with Crippen LogP contribution in [0.3, 0.4) is 0 Å². The molecule has 5 heteroatoms. The lowest BCUT2D eigenvalue weighted by Gasteiger charge is -2.11. The first-order chi connectivity index (χ1) is 26.3. The predicted molar refractivity (Wildman–Crippen MR) is 219 cm³/mol. The molecule has 0 bridgehead atoms. The molecule has 0 amide bonds. The Hall–Kier alpha value is -7.24. The van der Waals surface area contributed by atoms with E-state index < -0.39 is 0 Å². The maximum Gasteiger partial charge on any atom is 0.233 e. The molecule has 0 aliphatic heterocycles. The highest BCUT2D eigenvalue weighted by Gasteiger charge is 2.27. The molecule has 8 aromatic carbocycles. The van der Waals surface area contributed by atoms with Gasteiger partial charge in [0.2, 0.25) is 5.71 Å². The standard InChI is InChI=1S/C48H26N4O/c1-2-13-29-25-30(22-21-27(29)11-1)46-49-47(43-34-17-7-10-20-40(34)53-48(43)50-46)52-38-24-23-28-12-3-4-14-31(28)41(38)44-39(52)26-35-32-15-5-8-18-36(32)51-37-19-9-6-16-33(37)42(44)45(35)51/h1-26H. The molecule has 0 unspecified atom stereocenters. The van der Waals surface area contributed by atoms with Gasteiger partial charge in [-0.3, -0.25) is 4.57 Å². The van der Waals surface area contributed by atoms with Crippen LogP contribution in [0.1, 0.15) is 0 Å². The second kappa shape index (κ2) is 9.75. The van der Waals surface area contributed by atoms with Crippen molar-refractivity contribution in [3.05, 3.63) is 158 Å². The molecule has 0 N–H and O–H groups in total. The van der Waals surface area contributed by atoms with Crippen molar-refractivity contribution in [3.63, 3.8) is 0 Å². The lowest BCUT2D eigenvalue weighted by molar-refractivity contribution is 0.653. The molecular weight excluding hydrogens is 649 g/mol. The number of benzene rings is 8. The first-order valence-electron chi connectivity index (χ1n) is 18.0. The third-order valence-electron chi connectivity index (χ3n) is 11.4. The Bertz CT molecular complexity index is 3700. The summed E-state index contributed by atoms with van der Waals surface area (Å²) < 4.78 is 11.4. The number of rotatable bonds is 2. The zero-order valence-corrected chi connectivity index (χ0v) is 28.2. The van der Waals surface area contributed by atoms with Gasteiger partial charge in [0.25, 0.3) is 0 Å². The van der Waals surface area contributed by atoms with E-state index in [0.29, 0.717) is 11.5 Å². The summed E-state index contributed by atoms with van der Waals surface area (Å²) in [6.45, 7) is 0. The van der Waals surface area contributed by atoms with Crippen molar-refractivity contribution in [3.8, 4) is 17.2 Å². The fraction of sp³-hybridized carbons (Fsp3) is 0. The summed E-state index contributed by atoms with van der Waals surface area (Å²) in [5.74, 6) is 1.43. The minimum Gasteiger partial charge on any atom is -0.437 e. The molecule has 13 rings (SSSR count). The molecule has 13 aromatic rings. The van der Waals surface area contributed by atoms with Gasteiger partial charge in [0.1, 0.15) is 5.58 Å². The van der Waals surface area contributed by atoms with Crippen LogP contribution in [0.25, 0.3) is 121 Å². The lowest BCUT2D eigenvalue weighted by atomic mass is 9.99. The van der Waals surface area contributed by atoms with Crippen LogP contribution in [-0.4, -0.2) is 18.9 Å². The summed E-state index contributed by atoms with van der Waals surface area (Å²) in [7, 11) is 0. The van der Waals surface area contributed by atoms with Crippen LogP contribution in [0.4, 0.5) is 0 Å². The minimum atomic E-state index is 0.572. The van der Waals surface area contributed by atoms with E-state index in [4.69, 9.17) is 14.4 Å². The van der Waals surface area contributed by atoms with Crippen LogP contribution in [0.2, 0.25) is 0 Å². The van der Waals surface area contributed by atoms with Gasteiger partial charge in [-0.25, -0.2) is 4.98 Å². The molecule has 0 atom stereocenters. The van der Waals surface area contributed by atoms with Gasteiger partial charge < -0.3 is 8.82 Å². The fourth-order valence-electron chi connectivity index (χ4n) is 9.23. The SMILES string of the molecule is c1ccc2cc(-c3nc(-n4c5ccc6ccccc6c5c5c6c7ccccc7n7c8ccccc8c(cc54)c67)c4c(n3)oc3ccccc34)ccc2c1. The number of nitrogens with zero attached hydrogens (tertiary/aromatic N) is 4. The van der Waals surface area contributed by atoms with Crippen LogP contribution >= 0.6 is 0 Å². The van der Waals surface area contributed by atoms with Crippen LogP contribution in [0.15, 0.2) is 162 Å². The molecule has 0 spiro atoms. The van der Waals surface area contributed by atoms with Crippen LogP contribution in [-0.2, 0) is 0 Å². The third-order valence-corrected chi connectivity index (χ3v) is 11.4. The van der Waals surface area contributed by atoms with Gasteiger partial charge in [-0.15, -0.1) is 0 Å². The Morgan fingerprint density at radius 2 is 1.09 bits per heavy atom. The molecule has 244 valence electrons. The molecule has 0 saturated heterocycles. The summed E-state index contributed by atoms with van der Waals surface area (Å²) in [5.41, 5.74) is 8.19. The third kappa shape index (κ3) is 3.46. The molecule has 0 saturated carbocycles. The van der Waals surface area contributed by atoms with Crippen LogP contribution in [0, 0.1) is 0 Å². The highest BCUT2D eigenvalue weighted by Crippen LogP contribution is 2.48. The fourth-order valence-corrected chi connectivity index (χ4v) is 9.23. The van der Waals surface area contributed by atoms with E-state index in [0.717, 1.165) is 44.2 Å². The topological polar surface area (TPSA) is 48.3 Å². The van der Waals surface area contributed by atoms with Gasteiger partial charge >= 0.3 is 0 Å². The van der Waals surface area contributed by atoms with Crippen molar-refractivity contribution in [2.24, 2.45) is 0 Å². The van der Waals surface area contributed by atoms with Crippen molar-refractivity contribution in [2.45, 2.75) is 0 Å². The van der Waals surface area contributed by atoms with E-state index in [1.165, 1.54) is 65.0 Å². The van der Waals surface area contributed by atoms with Crippen LogP contribution in [0.5, 0.6) is 0 Å². The number of hydrogen-bond acceptors (Lipinski definition) is 3. The van der Waals surface area contributed by atoms with Crippen molar-refractivity contribution in [2.75, 3.05) is 0 Å². The molecule has 53 heavy (non-hydrogen) atoms. The summed E-state index contributed by atoms with van der Waals surface area (Å²) in [6, 6.07) is 56.4. The normalized spacial score (nSPS) is 12.5. The molecule has 5 aromatic heterocycles. The van der Waals surface area contributed by atoms with Gasteiger partial charge in [-0.1, -0.05) is 121 Å². The Labute approximate surface area is 300 Å². The molecule has 0 fully saturated rings. The number of fused-ring (bicyclic) bond motifs is 16. The number of hydrogen-bond donors (Lipinski definition) is 0. The molecule has 0 aliphatic carbocycles. The maximum absolute atomic E-state index is 6.58. The van der Waals surface area contributed by atoms with Crippen molar-refractivity contribution in [1.29, 1.82) is 0 Å². The second-order valence-electron chi connectivity index (χ2n) is 14.1. The zero-order chi connectivity index (χ0) is 34.4. The van der Waals surface area contributed by atoms with Crippen LogP contribution < -0.4 is 0 Å². The molecular formula is C48H26N4O. The number of para-hydroxylation sites is 3. The monoisotopic (exact) mass is 674 g/mol. The quantitative estimate of drug-likeness (QED) is 0.183. The average molecular weight is 675 g/mol. The molecule has 0 radical (unpaired) electrons. The second-order valence-corrected chi connectivity index (χ2v) is 14.1. The Morgan fingerprint density at radius 3 is 1.96 bits per heavy atom. The van der Waals surface area contributed by atoms with E-state index in [9.17, 15) is 0 Å². The summed E-state index contributed by atoms with van der Waals surface area (Å²) in [5, 5.41) is 14.1. The van der Waals surface area contributed by atoms with Gasteiger partial charge in [0, 0.05) is 43.3 Å². The van der Waals surface area contributed by atoms with Gasteiger partial charge in [-0.05, 0) is 57.9 Å². The van der Waals surface area contributed by atoms with Crippen molar-refractivity contribution in [1.82, 2.24) is 18.9 Å².